The van der Waals surface area contributed by atoms with Gasteiger partial charge in [0.1, 0.15) is 6.04 Å². The van der Waals surface area contributed by atoms with Crippen LogP contribution in [0, 0.1) is 12.3 Å². The lowest BCUT2D eigenvalue weighted by Gasteiger charge is -2.29. The summed E-state index contributed by atoms with van der Waals surface area (Å²) in [6.45, 7) is 7.29. The van der Waals surface area contributed by atoms with E-state index in [4.69, 9.17) is 0 Å². The van der Waals surface area contributed by atoms with Gasteiger partial charge in [-0.2, -0.15) is 0 Å². The Morgan fingerprint density at radius 1 is 1.20 bits per heavy atom. The number of nitrogens with one attached hydrogen (secondary N) is 1. The Kier molecular flexibility index (Phi) is 4.76. The number of benzene rings is 1. The van der Waals surface area contributed by atoms with E-state index in [-0.39, 0.29) is 0 Å². The summed E-state index contributed by atoms with van der Waals surface area (Å²) in [6.07, 6.45) is 0. The van der Waals surface area contributed by atoms with Gasteiger partial charge in [0.25, 0.3) is 0 Å². The molecule has 0 radical (unpaired) electrons. The van der Waals surface area contributed by atoms with Crippen molar-refractivity contribution in [2.45, 2.75) is 33.7 Å². The van der Waals surface area contributed by atoms with Gasteiger partial charge in [-0.1, -0.05) is 38.5 Å². The molecule has 2 amide bonds. The summed E-state index contributed by atoms with van der Waals surface area (Å²) in [6, 6.07) is 6.07. The monoisotopic (exact) mass is 278 g/mol. The lowest BCUT2D eigenvalue weighted by Crippen LogP contribution is -2.52. The maximum atomic E-state index is 12.1. The summed E-state index contributed by atoms with van der Waals surface area (Å²) in [4.78, 5) is 24.8. The van der Waals surface area contributed by atoms with Gasteiger partial charge in [0.05, 0.1) is 0 Å². The second kappa shape index (κ2) is 5.94. The van der Waals surface area contributed by atoms with Crippen LogP contribution in [0.25, 0.3) is 0 Å². The van der Waals surface area contributed by atoms with Crippen LogP contribution in [0.3, 0.4) is 0 Å². The molecule has 0 saturated carbocycles. The molecule has 1 unspecified atom stereocenters. The van der Waals surface area contributed by atoms with Crippen molar-refractivity contribution in [1.82, 2.24) is 5.32 Å². The number of urea groups is 1. The lowest BCUT2D eigenvalue weighted by atomic mass is 9.87. The van der Waals surface area contributed by atoms with Crippen LogP contribution in [0.15, 0.2) is 24.3 Å². The summed E-state index contributed by atoms with van der Waals surface area (Å²) in [5, 5.41) is 11.8. The molecule has 2 N–H and O–H groups in total. The van der Waals surface area contributed by atoms with E-state index < -0.39 is 23.5 Å². The van der Waals surface area contributed by atoms with E-state index in [1.807, 2.05) is 31.2 Å². The van der Waals surface area contributed by atoms with Gasteiger partial charge in [0.2, 0.25) is 0 Å². The molecule has 0 heterocycles. The fourth-order valence-electron chi connectivity index (χ4n) is 1.75. The number of nitrogens with zero attached hydrogens (tertiary/aromatic N) is 1. The minimum absolute atomic E-state index is 0.434. The van der Waals surface area contributed by atoms with Crippen LogP contribution in [-0.2, 0) is 4.79 Å². The van der Waals surface area contributed by atoms with Crippen molar-refractivity contribution in [3.63, 3.8) is 0 Å². The summed E-state index contributed by atoms with van der Waals surface area (Å²) < 4.78 is 0. The molecular weight excluding hydrogens is 256 g/mol. The van der Waals surface area contributed by atoms with Crippen molar-refractivity contribution in [1.29, 1.82) is 0 Å². The smallest absolute Gasteiger partial charge is 0.326 e. The molecule has 1 atom stereocenters. The van der Waals surface area contributed by atoms with Gasteiger partial charge in [-0.25, -0.2) is 9.59 Å². The summed E-state index contributed by atoms with van der Waals surface area (Å²) in [5.74, 6) is -1.04. The Hall–Kier alpha value is -2.04. The predicted molar refractivity (Wildman–Crippen MR) is 79.0 cm³/mol. The third-order valence-electron chi connectivity index (χ3n) is 3.11. The predicted octanol–water partition coefficient (Wildman–Crippen LogP) is 2.64. The molecule has 0 aliphatic heterocycles. The first-order valence-electron chi connectivity index (χ1n) is 6.46. The van der Waals surface area contributed by atoms with Crippen molar-refractivity contribution < 1.29 is 14.7 Å². The fourth-order valence-corrected chi connectivity index (χ4v) is 1.75. The Morgan fingerprint density at radius 2 is 1.70 bits per heavy atom. The average molecular weight is 278 g/mol. The van der Waals surface area contributed by atoms with Crippen molar-refractivity contribution >= 4 is 17.7 Å². The van der Waals surface area contributed by atoms with Gasteiger partial charge >= 0.3 is 12.0 Å². The third-order valence-corrected chi connectivity index (χ3v) is 3.11. The minimum Gasteiger partial charge on any atom is -0.480 e. The Balaban J connectivity index is 2.84. The molecule has 1 aromatic rings. The summed E-state index contributed by atoms with van der Waals surface area (Å²) >= 11 is 0. The van der Waals surface area contributed by atoms with Crippen LogP contribution in [0.4, 0.5) is 10.5 Å². The highest BCUT2D eigenvalue weighted by molar-refractivity contribution is 5.94. The van der Waals surface area contributed by atoms with Crippen LogP contribution in [-0.4, -0.2) is 30.2 Å². The molecular formula is C15H22N2O3. The zero-order chi connectivity index (χ0) is 15.5. The number of amides is 2. The summed E-state index contributed by atoms with van der Waals surface area (Å²) in [5.41, 5.74) is 1.25. The van der Waals surface area contributed by atoms with E-state index >= 15 is 0 Å². The first-order valence-corrected chi connectivity index (χ1v) is 6.46. The van der Waals surface area contributed by atoms with Crippen LogP contribution in [0.5, 0.6) is 0 Å². The number of hydrogen-bond acceptors (Lipinski definition) is 2. The maximum absolute atomic E-state index is 12.1. The standard InChI is InChI=1S/C15H22N2O3/c1-10-6-8-11(9-7-10)17(5)14(20)16-12(13(18)19)15(2,3)4/h6-9,12H,1-5H3,(H,16,20)(H,18,19). The number of carboxylic acids is 1. The highest BCUT2D eigenvalue weighted by atomic mass is 16.4. The van der Waals surface area contributed by atoms with Crippen LogP contribution in [0.2, 0.25) is 0 Å². The number of carboxylic acid groups (broad SMARTS) is 1. The fraction of sp³-hybridized carbons (Fsp3) is 0.467. The topological polar surface area (TPSA) is 69.6 Å². The van der Waals surface area contributed by atoms with E-state index in [1.165, 1.54) is 4.90 Å². The van der Waals surface area contributed by atoms with E-state index in [1.54, 1.807) is 27.8 Å². The molecule has 5 nitrogen and oxygen atoms in total. The molecule has 0 fully saturated rings. The number of carbonyl (C=O) groups is 2. The van der Waals surface area contributed by atoms with E-state index in [2.05, 4.69) is 5.32 Å². The average Bonchev–Trinajstić information content (AvgIpc) is 2.33. The number of carbonyl (C=O) groups excluding carboxylic acids is 1. The first-order chi connectivity index (χ1) is 9.12. The SMILES string of the molecule is Cc1ccc(N(C)C(=O)NC(C(=O)O)C(C)(C)C)cc1. The Morgan fingerprint density at radius 3 is 2.10 bits per heavy atom. The van der Waals surface area contributed by atoms with Crippen LogP contribution >= 0.6 is 0 Å². The molecule has 110 valence electrons. The zero-order valence-corrected chi connectivity index (χ0v) is 12.6. The molecule has 0 aliphatic rings. The highest BCUT2D eigenvalue weighted by Gasteiger charge is 2.33. The Labute approximate surface area is 119 Å². The molecule has 0 spiro atoms. The Bertz CT molecular complexity index is 489. The lowest BCUT2D eigenvalue weighted by molar-refractivity contribution is -0.141. The minimum atomic E-state index is -1.04. The van der Waals surface area contributed by atoms with Crippen molar-refractivity contribution in [3.8, 4) is 0 Å². The first kappa shape index (κ1) is 16.0. The number of aryl methyl sites for hydroxylation is 1. The van der Waals surface area contributed by atoms with Crippen molar-refractivity contribution in [3.05, 3.63) is 29.8 Å². The van der Waals surface area contributed by atoms with Crippen molar-refractivity contribution in [2.75, 3.05) is 11.9 Å². The number of anilines is 1. The molecule has 5 heteroatoms. The molecule has 0 aliphatic carbocycles. The zero-order valence-electron chi connectivity index (χ0n) is 12.6. The normalized spacial score (nSPS) is 12.7. The van der Waals surface area contributed by atoms with Gasteiger partial charge < -0.3 is 10.4 Å². The molecule has 0 aromatic heterocycles. The van der Waals surface area contributed by atoms with Crippen molar-refractivity contribution in [2.24, 2.45) is 5.41 Å². The van der Waals surface area contributed by atoms with Crippen LogP contribution < -0.4 is 10.2 Å². The maximum Gasteiger partial charge on any atom is 0.326 e. The second-order valence-corrected chi connectivity index (χ2v) is 5.98. The number of aliphatic carboxylic acids is 1. The van der Waals surface area contributed by atoms with E-state index in [0.29, 0.717) is 5.69 Å². The third kappa shape index (κ3) is 3.98. The van der Waals surface area contributed by atoms with Gasteiger partial charge in [0.15, 0.2) is 0 Å². The quantitative estimate of drug-likeness (QED) is 0.893. The van der Waals surface area contributed by atoms with E-state index in [9.17, 15) is 14.7 Å². The largest absolute Gasteiger partial charge is 0.480 e. The second-order valence-electron chi connectivity index (χ2n) is 5.98. The summed E-state index contributed by atoms with van der Waals surface area (Å²) in [7, 11) is 1.61. The highest BCUT2D eigenvalue weighted by Crippen LogP contribution is 2.20. The van der Waals surface area contributed by atoms with Gasteiger partial charge in [-0.05, 0) is 24.5 Å². The molecule has 0 saturated heterocycles. The van der Waals surface area contributed by atoms with Gasteiger partial charge in [0, 0.05) is 12.7 Å². The molecule has 20 heavy (non-hydrogen) atoms. The van der Waals surface area contributed by atoms with Crippen LogP contribution in [0.1, 0.15) is 26.3 Å². The van der Waals surface area contributed by atoms with Gasteiger partial charge in [-0.3, -0.25) is 4.90 Å². The molecule has 1 rings (SSSR count). The number of rotatable bonds is 3. The van der Waals surface area contributed by atoms with E-state index in [0.717, 1.165) is 5.56 Å². The number of hydrogen-bond donors (Lipinski definition) is 2. The molecule has 0 bridgehead atoms. The van der Waals surface area contributed by atoms with Gasteiger partial charge in [-0.15, -0.1) is 0 Å². The molecule has 1 aromatic carbocycles.